The number of piperidine rings is 1. The van der Waals surface area contributed by atoms with Crippen molar-refractivity contribution in [2.45, 2.75) is 77.8 Å². The summed E-state index contributed by atoms with van der Waals surface area (Å²) in [4.78, 5) is 36.3. The zero-order valence-electron chi connectivity index (χ0n) is 22.7. The van der Waals surface area contributed by atoms with Crippen LogP contribution in [0.25, 0.3) is 22.4 Å². The zero-order chi connectivity index (χ0) is 27.7. The van der Waals surface area contributed by atoms with E-state index in [1.807, 2.05) is 30.3 Å². The molecule has 1 unspecified atom stereocenters. The van der Waals surface area contributed by atoms with Crippen molar-refractivity contribution in [1.29, 1.82) is 0 Å². The van der Waals surface area contributed by atoms with Gasteiger partial charge in [0.25, 0.3) is 0 Å². The molecular weight excluding hydrogens is 508 g/mol. The Balaban J connectivity index is 1.91. The molecule has 1 aromatic carbocycles. The molecule has 0 spiro atoms. The number of ether oxygens (including phenoxy) is 3. The van der Waals surface area contributed by atoms with Gasteiger partial charge in [0.2, 0.25) is 0 Å². The first-order valence-electron chi connectivity index (χ1n) is 12.8. The van der Waals surface area contributed by atoms with E-state index in [0.717, 1.165) is 18.7 Å². The Kier molecular flexibility index (Phi) is 8.11. The van der Waals surface area contributed by atoms with Crippen LogP contribution >= 0.6 is 11.6 Å². The van der Waals surface area contributed by atoms with Crippen molar-refractivity contribution in [3.63, 3.8) is 0 Å². The van der Waals surface area contributed by atoms with E-state index in [1.165, 1.54) is 4.57 Å². The minimum atomic E-state index is -1.21. The molecule has 10 heteroatoms. The monoisotopic (exact) mass is 542 g/mol. The molecule has 2 aromatic heterocycles. The van der Waals surface area contributed by atoms with Gasteiger partial charge in [0, 0.05) is 5.56 Å². The molecule has 204 valence electrons. The maximum atomic E-state index is 13.6. The maximum absolute atomic E-state index is 13.6. The molecule has 1 fully saturated rings. The summed E-state index contributed by atoms with van der Waals surface area (Å²) in [5, 5.41) is 3.83. The van der Waals surface area contributed by atoms with E-state index in [9.17, 15) is 9.59 Å². The first kappa shape index (κ1) is 28.0. The van der Waals surface area contributed by atoms with Crippen LogP contribution in [0.3, 0.4) is 0 Å². The normalized spacial score (nSPS) is 15.9. The van der Waals surface area contributed by atoms with Crippen LogP contribution in [0.1, 0.15) is 66.2 Å². The number of rotatable bonds is 5. The lowest BCUT2D eigenvalue weighted by Crippen LogP contribution is -2.37. The quantitative estimate of drug-likeness (QED) is 0.324. The van der Waals surface area contributed by atoms with E-state index in [4.69, 9.17) is 30.8 Å². The summed E-state index contributed by atoms with van der Waals surface area (Å²) in [5.74, 6) is -0.276. The zero-order valence-corrected chi connectivity index (χ0v) is 23.5. The molecule has 9 nitrogen and oxygen atoms in total. The van der Waals surface area contributed by atoms with Gasteiger partial charge in [0.15, 0.2) is 17.6 Å². The Morgan fingerprint density at radius 1 is 1.00 bits per heavy atom. The van der Waals surface area contributed by atoms with Crippen LogP contribution in [0.2, 0.25) is 5.15 Å². The highest BCUT2D eigenvalue weighted by Gasteiger charge is 2.36. The number of benzene rings is 1. The predicted molar refractivity (Wildman–Crippen MR) is 145 cm³/mol. The van der Waals surface area contributed by atoms with Crippen LogP contribution in [0, 0.1) is 0 Å². The first-order chi connectivity index (χ1) is 17.8. The molecule has 1 saturated heterocycles. The molecule has 1 aliphatic rings. The van der Waals surface area contributed by atoms with E-state index in [1.54, 1.807) is 47.6 Å². The standard InChI is InChI=1S/C28H35ClN4O5/c1-27(2,3)37-25(34)21(36-18-12-14-30-15-13-18)20-16-19-22(29)31-23(17-10-8-7-9-11-17)32-24(19)33(20)26(35)38-28(4,5)6/h7-11,16,18,21,30H,12-15H2,1-6H3. The van der Waals surface area contributed by atoms with Gasteiger partial charge < -0.3 is 19.5 Å². The number of hydrogen-bond acceptors (Lipinski definition) is 8. The van der Waals surface area contributed by atoms with Gasteiger partial charge in [0.1, 0.15) is 16.4 Å². The summed E-state index contributed by atoms with van der Waals surface area (Å²) < 4.78 is 19.1. The third-order valence-corrected chi connectivity index (χ3v) is 6.04. The molecule has 1 aliphatic heterocycles. The highest BCUT2D eigenvalue weighted by Crippen LogP contribution is 2.34. The van der Waals surface area contributed by atoms with Crippen LogP contribution in [0.15, 0.2) is 36.4 Å². The lowest BCUT2D eigenvalue weighted by atomic mass is 10.1. The fourth-order valence-corrected chi connectivity index (χ4v) is 4.41. The summed E-state index contributed by atoms with van der Waals surface area (Å²) in [6, 6.07) is 10.9. The third kappa shape index (κ3) is 6.70. The van der Waals surface area contributed by atoms with Crippen LogP contribution in [-0.4, -0.2) is 57.0 Å². The molecule has 4 rings (SSSR count). The van der Waals surface area contributed by atoms with E-state index < -0.39 is 29.4 Å². The lowest BCUT2D eigenvalue weighted by molar-refractivity contribution is -0.174. The number of hydrogen-bond donors (Lipinski definition) is 1. The summed E-state index contributed by atoms with van der Waals surface area (Å²) in [7, 11) is 0. The Labute approximate surface area is 227 Å². The Hall–Kier alpha value is -3.01. The second kappa shape index (κ2) is 11.0. The number of nitrogens with zero attached hydrogens (tertiary/aromatic N) is 3. The minimum Gasteiger partial charge on any atom is -0.458 e. The Bertz CT molecular complexity index is 1300. The number of halogens is 1. The van der Waals surface area contributed by atoms with Crippen molar-refractivity contribution in [1.82, 2.24) is 19.9 Å². The molecule has 1 atom stereocenters. The smallest absolute Gasteiger partial charge is 0.420 e. The fraction of sp³-hybridized carbons (Fsp3) is 0.500. The second-order valence-corrected chi connectivity index (χ2v) is 11.7. The molecule has 1 N–H and O–H groups in total. The van der Waals surface area contributed by atoms with E-state index in [-0.39, 0.29) is 22.6 Å². The van der Waals surface area contributed by atoms with Gasteiger partial charge in [-0.15, -0.1) is 0 Å². The molecule has 0 saturated carbocycles. The summed E-state index contributed by atoms with van der Waals surface area (Å²) in [6.07, 6.45) is -0.704. The summed E-state index contributed by atoms with van der Waals surface area (Å²) >= 11 is 6.64. The first-order valence-corrected chi connectivity index (χ1v) is 13.2. The number of carbonyl (C=O) groups excluding carboxylic acids is 2. The topological polar surface area (TPSA) is 105 Å². The molecule has 3 aromatic rings. The maximum Gasteiger partial charge on any atom is 0.420 e. The van der Waals surface area contributed by atoms with E-state index in [0.29, 0.717) is 24.1 Å². The van der Waals surface area contributed by atoms with Crippen LogP contribution < -0.4 is 5.32 Å². The highest BCUT2D eigenvalue weighted by molar-refractivity contribution is 6.34. The molecule has 0 bridgehead atoms. The number of esters is 1. The lowest BCUT2D eigenvalue weighted by Gasteiger charge is -2.30. The fourth-order valence-electron chi connectivity index (χ4n) is 4.19. The summed E-state index contributed by atoms with van der Waals surface area (Å²) in [6.45, 7) is 12.2. The average Bonchev–Trinajstić information content (AvgIpc) is 3.21. The average molecular weight is 543 g/mol. The van der Waals surface area contributed by atoms with Crippen molar-refractivity contribution in [3.8, 4) is 11.4 Å². The highest BCUT2D eigenvalue weighted by atomic mass is 35.5. The summed E-state index contributed by atoms with van der Waals surface area (Å²) in [5.41, 5.74) is -0.405. The van der Waals surface area contributed by atoms with Gasteiger partial charge in [-0.1, -0.05) is 41.9 Å². The Morgan fingerprint density at radius 2 is 1.63 bits per heavy atom. The molecule has 0 amide bonds. The van der Waals surface area contributed by atoms with Crippen molar-refractivity contribution in [2.75, 3.05) is 13.1 Å². The van der Waals surface area contributed by atoms with Gasteiger partial charge in [-0.25, -0.2) is 24.1 Å². The third-order valence-electron chi connectivity index (χ3n) is 5.75. The van der Waals surface area contributed by atoms with Gasteiger partial charge in [-0.2, -0.15) is 0 Å². The van der Waals surface area contributed by atoms with Crippen molar-refractivity contribution in [2.24, 2.45) is 0 Å². The second-order valence-electron chi connectivity index (χ2n) is 11.3. The van der Waals surface area contributed by atoms with Crippen LogP contribution in [0.5, 0.6) is 0 Å². The number of nitrogens with one attached hydrogen (secondary N) is 1. The number of carbonyl (C=O) groups is 2. The number of aromatic nitrogens is 3. The van der Waals surface area contributed by atoms with Crippen LogP contribution in [-0.2, 0) is 19.0 Å². The van der Waals surface area contributed by atoms with Gasteiger partial charge in [-0.05, 0) is 73.5 Å². The Morgan fingerprint density at radius 3 is 2.24 bits per heavy atom. The van der Waals surface area contributed by atoms with Gasteiger partial charge in [0.05, 0.1) is 17.2 Å². The molecule has 0 radical (unpaired) electrons. The number of fused-ring (bicyclic) bond motifs is 1. The minimum absolute atomic E-state index is 0.141. The predicted octanol–water partition coefficient (Wildman–Crippen LogP) is 5.69. The van der Waals surface area contributed by atoms with Crippen LogP contribution in [0.4, 0.5) is 4.79 Å². The van der Waals surface area contributed by atoms with Gasteiger partial charge >= 0.3 is 12.1 Å². The largest absolute Gasteiger partial charge is 0.458 e. The van der Waals surface area contributed by atoms with E-state index in [2.05, 4.69) is 10.3 Å². The van der Waals surface area contributed by atoms with Crippen molar-refractivity contribution in [3.05, 3.63) is 47.2 Å². The molecule has 38 heavy (non-hydrogen) atoms. The molecular formula is C28H35ClN4O5. The molecule has 3 heterocycles. The SMILES string of the molecule is CC(C)(C)OC(=O)C(OC1CCNCC1)c1cc2c(Cl)nc(-c3ccccc3)nc2n1C(=O)OC(C)(C)C. The van der Waals surface area contributed by atoms with Crippen molar-refractivity contribution < 1.29 is 23.8 Å². The van der Waals surface area contributed by atoms with Crippen molar-refractivity contribution >= 4 is 34.7 Å². The molecule has 0 aliphatic carbocycles. The van der Waals surface area contributed by atoms with Gasteiger partial charge in [-0.3, -0.25) is 0 Å². The van der Waals surface area contributed by atoms with E-state index >= 15 is 0 Å².